The van der Waals surface area contributed by atoms with E-state index in [0.29, 0.717) is 6.04 Å². The predicted molar refractivity (Wildman–Crippen MR) is 83.7 cm³/mol. The quantitative estimate of drug-likeness (QED) is 0.872. The molecule has 0 radical (unpaired) electrons. The standard InChI is InChI=1S/C17H27FN2/c1-3-15-8-6-5-7-11-20(15)17-10-9-14(12-16(17)18)13-19-4-2/h9-10,12,15,19H,3-8,11,13H2,1-2H3. The Morgan fingerprint density at radius 1 is 1.25 bits per heavy atom. The lowest BCUT2D eigenvalue weighted by atomic mass is 10.1. The number of nitrogens with one attached hydrogen (secondary N) is 1. The van der Waals surface area contributed by atoms with Gasteiger partial charge in [-0.1, -0.05) is 32.8 Å². The molecule has 112 valence electrons. The van der Waals surface area contributed by atoms with E-state index in [9.17, 15) is 4.39 Å². The molecule has 20 heavy (non-hydrogen) atoms. The van der Waals surface area contributed by atoms with Crippen LogP contribution in [0.2, 0.25) is 0 Å². The summed E-state index contributed by atoms with van der Waals surface area (Å²) in [5.41, 5.74) is 1.81. The van der Waals surface area contributed by atoms with Crippen molar-refractivity contribution in [1.82, 2.24) is 5.32 Å². The molecule has 0 aliphatic carbocycles. The first kappa shape index (κ1) is 15.3. The number of rotatable bonds is 5. The van der Waals surface area contributed by atoms with E-state index in [-0.39, 0.29) is 5.82 Å². The third-order valence-electron chi connectivity index (χ3n) is 4.25. The van der Waals surface area contributed by atoms with E-state index in [1.165, 1.54) is 25.7 Å². The summed E-state index contributed by atoms with van der Waals surface area (Å²) in [4.78, 5) is 2.29. The largest absolute Gasteiger partial charge is 0.366 e. The Morgan fingerprint density at radius 2 is 2.10 bits per heavy atom. The molecule has 1 fully saturated rings. The van der Waals surface area contributed by atoms with Crippen molar-refractivity contribution in [2.45, 2.75) is 58.5 Å². The Balaban J connectivity index is 2.17. The van der Waals surface area contributed by atoms with Gasteiger partial charge < -0.3 is 10.2 Å². The van der Waals surface area contributed by atoms with Crippen LogP contribution in [0.5, 0.6) is 0 Å². The summed E-state index contributed by atoms with van der Waals surface area (Å²) >= 11 is 0. The van der Waals surface area contributed by atoms with Gasteiger partial charge in [-0.15, -0.1) is 0 Å². The number of nitrogens with zero attached hydrogens (tertiary/aromatic N) is 1. The number of halogens is 1. The highest BCUT2D eigenvalue weighted by Gasteiger charge is 2.22. The molecule has 1 saturated heterocycles. The van der Waals surface area contributed by atoms with Gasteiger partial charge in [0.1, 0.15) is 5.82 Å². The lowest BCUT2D eigenvalue weighted by Crippen LogP contribution is -2.35. The minimum atomic E-state index is -0.0687. The molecular weight excluding hydrogens is 251 g/mol. The van der Waals surface area contributed by atoms with E-state index in [1.807, 2.05) is 6.07 Å². The highest BCUT2D eigenvalue weighted by molar-refractivity contribution is 5.50. The van der Waals surface area contributed by atoms with Crippen molar-refractivity contribution in [2.75, 3.05) is 18.0 Å². The molecule has 1 aliphatic rings. The summed E-state index contributed by atoms with van der Waals surface area (Å²) in [6.45, 7) is 6.91. The van der Waals surface area contributed by atoms with Crippen LogP contribution in [-0.2, 0) is 6.54 Å². The number of hydrogen-bond acceptors (Lipinski definition) is 2. The van der Waals surface area contributed by atoms with Gasteiger partial charge in [-0.25, -0.2) is 4.39 Å². The molecule has 1 unspecified atom stereocenters. The lowest BCUT2D eigenvalue weighted by molar-refractivity contribution is 0.539. The van der Waals surface area contributed by atoms with Crippen molar-refractivity contribution in [2.24, 2.45) is 0 Å². The van der Waals surface area contributed by atoms with Crippen LogP contribution in [0.25, 0.3) is 0 Å². The number of anilines is 1. The summed E-state index contributed by atoms with van der Waals surface area (Å²) in [7, 11) is 0. The van der Waals surface area contributed by atoms with Crippen LogP contribution in [0.3, 0.4) is 0 Å². The van der Waals surface area contributed by atoms with Gasteiger partial charge in [0.25, 0.3) is 0 Å². The maximum absolute atomic E-state index is 14.4. The van der Waals surface area contributed by atoms with Gasteiger partial charge in [0.05, 0.1) is 5.69 Å². The fourth-order valence-corrected chi connectivity index (χ4v) is 3.08. The first-order chi connectivity index (χ1) is 9.76. The Hall–Kier alpha value is -1.09. The van der Waals surface area contributed by atoms with Gasteiger partial charge in [0.15, 0.2) is 0 Å². The van der Waals surface area contributed by atoms with Crippen LogP contribution in [0.4, 0.5) is 10.1 Å². The molecular formula is C17H27FN2. The molecule has 2 nitrogen and oxygen atoms in total. The van der Waals surface area contributed by atoms with Gasteiger partial charge in [-0.05, 0) is 43.5 Å². The summed E-state index contributed by atoms with van der Waals surface area (Å²) in [6.07, 6.45) is 6.00. The second kappa shape index (κ2) is 7.63. The summed E-state index contributed by atoms with van der Waals surface area (Å²) in [5, 5.41) is 3.24. The fraction of sp³-hybridized carbons (Fsp3) is 0.647. The van der Waals surface area contributed by atoms with E-state index in [1.54, 1.807) is 6.07 Å². The van der Waals surface area contributed by atoms with Gasteiger partial charge in [0.2, 0.25) is 0 Å². The average molecular weight is 278 g/mol. The van der Waals surface area contributed by atoms with Gasteiger partial charge in [0, 0.05) is 19.1 Å². The minimum absolute atomic E-state index is 0.0687. The van der Waals surface area contributed by atoms with Crippen molar-refractivity contribution in [1.29, 1.82) is 0 Å². The maximum atomic E-state index is 14.4. The maximum Gasteiger partial charge on any atom is 0.146 e. The van der Waals surface area contributed by atoms with Gasteiger partial charge in [-0.2, -0.15) is 0 Å². The molecule has 1 N–H and O–H groups in total. The van der Waals surface area contributed by atoms with E-state index in [4.69, 9.17) is 0 Å². The second-order valence-corrected chi connectivity index (χ2v) is 5.67. The topological polar surface area (TPSA) is 15.3 Å². The summed E-state index contributed by atoms with van der Waals surface area (Å²) in [5.74, 6) is -0.0687. The lowest BCUT2D eigenvalue weighted by Gasteiger charge is -2.32. The van der Waals surface area contributed by atoms with Crippen LogP contribution in [0.15, 0.2) is 18.2 Å². The zero-order valence-corrected chi connectivity index (χ0v) is 12.8. The van der Waals surface area contributed by atoms with E-state index in [2.05, 4.69) is 30.1 Å². The minimum Gasteiger partial charge on any atom is -0.366 e. The Morgan fingerprint density at radius 3 is 2.80 bits per heavy atom. The molecule has 0 aromatic heterocycles. The second-order valence-electron chi connectivity index (χ2n) is 5.67. The highest BCUT2D eigenvalue weighted by atomic mass is 19.1. The van der Waals surface area contributed by atoms with Crippen LogP contribution in [0.1, 0.15) is 51.5 Å². The Bertz CT molecular complexity index is 419. The van der Waals surface area contributed by atoms with E-state index in [0.717, 1.165) is 37.3 Å². The monoisotopic (exact) mass is 278 g/mol. The van der Waals surface area contributed by atoms with Gasteiger partial charge >= 0.3 is 0 Å². The van der Waals surface area contributed by atoms with Crippen LogP contribution >= 0.6 is 0 Å². The van der Waals surface area contributed by atoms with Crippen molar-refractivity contribution in [3.8, 4) is 0 Å². The molecule has 3 heteroatoms. The van der Waals surface area contributed by atoms with Crippen LogP contribution < -0.4 is 10.2 Å². The Labute approximate surface area is 122 Å². The molecule has 2 rings (SSSR count). The van der Waals surface area contributed by atoms with Crippen molar-refractivity contribution in [3.05, 3.63) is 29.6 Å². The molecule has 0 bridgehead atoms. The molecule has 1 aliphatic heterocycles. The SMILES string of the molecule is CCNCc1ccc(N2CCCCCC2CC)c(F)c1. The smallest absolute Gasteiger partial charge is 0.146 e. The van der Waals surface area contributed by atoms with Crippen molar-refractivity contribution < 1.29 is 4.39 Å². The Kier molecular flexibility index (Phi) is 5.84. The van der Waals surface area contributed by atoms with E-state index < -0.39 is 0 Å². The molecule has 1 aromatic carbocycles. The summed E-state index contributed by atoms with van der Waals surface area (Å²) < 4.78 is 14.4. The number of benzene rings is 1. The number of hydrogen-bond donors (Lipinski definition) is 1. The predicted octanol–water partition coefficient (Wildman–Crippen LogP) is 4.09. The van der Waals surface area contributed by atoms with Crippen molar-refractivity contribution >= 4 is 5.69 Å². The molecule has 1 atom stereocenters. The third kappa shape index (κ3) is 3.72. The van der Waals surface area contributed by atoms with Gasteiger partial charge in [-0.3, -0.25) is 0 Å². The first-order valence-electron chi connectivity index (χ1n) is 8.02. The molecule has 1 heterocycles. The zero-order valence-electron chi connectivity index (χ0n) is 12.8. The molecule has 0 spiro atoms. The van der Waals surface area contributed by atoms with Crippen LogP contribution in [-0.4, -0.2) is 19.1 Å². The van der Waals surface area contributed by atoms with Crippen molar-refractivity contribution in [3.63, 3.8) is 0 Å². The highest BCUT2D eigenvalue weighted by Crippen LogP contribution is 2.28. The third-order valence-corrected chi connectivity index (χ3v) is 4.25. The molecule has 0 amide bonds. The molecule has 0 saturated carbocycles. The average Bonchev–Trinajstić information content (AvgIpc) is 2.70. The zero-order chi connectivity index (χ0) is 14.4. The molecule has 1 aromatic rings. The summed E-state index contributed by atoms with van der Waals surface area (Å²) in [6, 6.07) is 6.20. The fourth-order valence-electron chi connectivity index (χ4n) is 3.08. The first-order valence-corrected chi connectivity index (χ1v) is 8.02. The van der Waals surface area contributed by atoms with Crippen LogP contribution in [0, 0.1) is 5.82 Å². The van der Waals surface area contributed by atoms with E-state index >= 15 is 0 Å². The normalized spacial score (nSPS) is 19.9.